The van der Waals surface area contributed by atoms with Gasteiger partial charge in [0.2, 0.25) is 5.91 Å². The Bertz CT molecular complexity index is 723. The minimum absolute atomic E-state index is 0.0484. The van der Waals surface area contributed by atoms with Crippen LogP contribution >= 0.6 is 11.6 Å². The number of carbonyl (C=O) groups excluding carboxylic acids is 1. The van der Waals surface area contributed by atoms with Gasteiger partial charge in [-0.1, -0.05) is 29.8 Å². The molecule has 120 valence electrons. The average Bonchev–Trinajstić information content (AvgIpc) is 2.55. The van der Waals surface area contributed by atoms with E-state index in [1.807, 2.05) is 24.3 Å². The predicted molar refractivity (Wildman–Crippen MR) is 84.5 cm³/mol. The van der Waals surface area contributed by atoms with Crippen molar-refractivity contribution in [3.8, 4) is 11.5 Å². The van der Waals surface area contributed by atoms with E-state index in [0.717, 1.165) is 0 Å². The van der Waals surface area contributed by atoms with Gasteiger partial charge < -0.3 is 14.8 Å². The lowest BCUT2D eigenvalue weighted by Gasteiger charge is -2.26. The molecule has 1 atom stereocenters. The van der Waals surface area contributed by atoms with Crippen molar-refractivity contribution in [2.75, 3.05) is 13.2 Å². The van der Waals surface area contributed by atoms with Gasteiger partial charge >= 0.3 is 0 Å². The Morgan fingerprint density at radius 3 is 2.83 bits per heavy atom. The van der Waals surface area contributed by atoms with E-state index in [1.165, 1.54) is 12.1 Å². The van der Waals surface area contributed by atoms with Gasteiger partial charge in [0, 0.05) is 5.02 Å². The van der Waals surface area contributed by atoms with E-state index in [2.05, 4.69) is 5.32 Å². The number of para-hydroxylation sites is 2. The van der Waals surface area contributed by atoms with E-state index in [1.54, 1.807) is 6.07 Å². The average molecular weight is 336 g/mol. The molecule has 0 spiro atoms. The molecule has 2 aromatic carbocycles. The van der Waals surface area contributed by atoms with E-state index < -0.39 is 5.82 Å². The molecular formula is C17H15ClFNO3. The van der Waals surface area contributed by atoms with Crippen LogP contribution < -0.4 is 14.8 Å². The molecule has 0 saturated carbocycles. The maximum absolute atomic E-state index is 13.7. The highest BCUT2D eigenvalue weighted by Gasteiger charge is 2.21. The number of fused-ring (bicyclic) bond motifs is 1. The highest BCUT2D eigenvalue weighted by Crippen LogP contribution is 2.30. The zero-order chi connectivity index (χ0) is 16.2. The number of halogens is 2. The number of hydrogen-bond acceptors (Lipinski definition) is 3. The SMILES string of the molecule is O=C(Cc1ccc(Cl)cc1F)NCC1COc2ccccc2O1. The fourth-order valence-corrected chi connectivity index (χ4v) is 2.45. The van der Waals surface area contributed by atoms with Crippen molar-refractivity contribution >= 4 is 17.5 Å². The summed E-state index contributed by atoms with van der Waals surface area (Å²) in [6.07, 6.45) is -0.323. The Hall–Kier alpha value is -2.27. The molecule has 0 aliphatic carbocycles. The smallest absolute Gasteiger partial charge is 0.224 e. The monoisotopic (exact) mass is 335 g/mol. The summed E-state index contributed by atoms with van der Waals surface area (Å²) >= 11 is 5.69. The number of carbonyl (C=O) groups is 1. The number of benzene rings is 2. The molecule has 0 aromatic heterocycles. The fourth-order valence-electron chi connectivity index (χ4n) is 2.29. The van der Waals surface area contributed by atoms with Gasteiger partial charge in [-0.05, 0) is 29.8 Å². The standard InChI is InChI=1S/C17H15ClFNO3/c18-12-6-5-11(14(19)8-12)7-17(21)20-9-13-10-22-15-3-1-2-4-16(15)23-13/h1-6,8,13H,7,9-10H2,(H,20,21). The van der Waals surface area contributed by atoms with E-state index in [4.69, 9.17) is 21.1 Å². The summed E-state index contributed by atoms with van der Waals surface area (Å²) < 4.78 is 25.0. The van der Waals surface area contributed by atoms with Crippen LogP contribution in [0.5, 0.6) is 11.5 Å². The predicted octanol–water partition coefficient (Wildman–Crippen LogP) is 2.98. The first-order valence-electron chi connectivity index (χ1n) is 7.21. The Kier molecular flexibility index (Phi) is 4.67. The Morgan fingerprint density at radius 2 is 2.04 bits per heavy atom. The summed E-state index contributed by atoms with van der Waals surface area (Å²) in [5, 5.41) is 3.03. The molecule has 4 nitrogen and oxygen atoms in total. The molecule has 1 amide bonds. The minimum Gasteiger partial charge on any atom is -0.486 e. The molecule has 1 aliphatic heterocycles. The van der Waals surface area contributed by atoms with Gasteiger partial charge in [0.05, 0.1) is 13.0 Å². The lowest BCUT2D eigenvalue weighted by molar-refractivity contribution is -0.121. The van der Waals surface area contributed by atoms with Crippen LogP contribution in [-0.4, -0.2) is 25.2 Å². The highest BCUT2D eigenvalue weighted by molar-refractivity contribution is 6.30. The zero-order valence-corrected chi connectivity index (χ0v) is 13.0. The lowest BCUT2D eigenvalue weighted by Crippen LogP contribution is -2.41. The molecule has 2 aromatic rings. The van der Waals surface area contributed by atoms with Crippen molar-refractivity contribution in [2.45, 2.75) is 12.5 Å². The zero-order valence-electron chi connectivity index (χ0n) is 12.2. The summed E-state index contributed by atoms with van der Waals surface area (Å²) in [7, 11) is 0. The second-order valence-corrected chi connectivity index (χ2v) is 5.65. The van der Waals surface area contributed by atoms with Crippen LogP contribution in [0.25, 0.3) is 0 Å². The quantitative estimate of drug-likeness (QED) is 0.934. The third-order valence-corrected chi connectivity index (χ3v) is 3.70. The summed E-state index contributed by atoms with van der Waals surface area (Å²) in [5.74, 6) is 0.576. The van der Waals surface area contributed by atoms with Crippen LogP contribution in [0.15, 0.2) is 42.5 Å². The molecule has 0 radical (unpaired) electrons. The number of rotatable bonds is 4. The van der Waals surface area contributed by atoms with Crippen molar-refractivity contribution in [2.24, 2.45) is 0 Å². The Labute approximate surface area is 138 Å². The maximum atomic E-state index is 13.7. The summed E-state index contributed by atoms with van der Waals surface area (Å²) in [6.45, 7) is 0.648. The molecule has 3 rings (SSSR count). The molecule has 1 aliphatic rings. The van der Waals surface area contributed by atoms with Gasteiger partial charge in [0.1, 0.15) is 18.5 Å². The molecule has 6 heteroatoms. The van der Waals surface area contributed by atoms with Crippen molar-refractivity contribution in [1.29, 1.82) is 0 Å². The molecular weight excluding hydrogens is 321 g/mol. The molecule has 23 heavy (non-hydrogen) atoms. The van der Waals surface area contributed by atoms with Gasteiger partial charge in [0.15, 0.2) is 11.5 Å². The topological polar surface area (TPSA) is 47.6 Å². The number of nitrogens with one attached hydrogen (secondary N) is 1. The maximum Gasteiger partial charge on any atom is 0.224 e. The minimum atomic E-state index is -0.487. The van der Waals surface area contributed by atoms with Crippen LogP contribution in [0.3, 0.4) is 0 Å². The fraction of sp³-hybridized carbons (Fsp3) is 0.235. The van der Waals surface area contributed by atoms with Crippen LogP contribution in [0.1, 0.15) is 5.56 Å². The van der Waals surface area contributed by atoms with Gasteiger partial charge in [-0.3, -0.25) is 4.79 Å². The summed E-state index contributed by atoms with van der Waals surface area (Å²) in [5.41, 5.74) is 0.304. The lowest BCUT2D eigenvalue weighted by atomic mass is 10.1. The largest absolute Gasteiger partial charge is 0.486 e. The van der Waals surface area contributed by atoms with E-state index in [9.17, 15) is 9.18 Å². The third kappa shape index (κ3) is 3.93. The van der Waals surface area contributed by atoms with Crippen molar-refractivity contribution in [3.63, 3.8) is 0 Å². The summed E-state index contributed by atoms with van der Waals surface area (Å²) in [6, 6.07) is 11.6. The van der Waals surface area contributed by atoms with Gasteiger partial charge in [0.25, 0.3) is 0 Å². The highest BCUT2D eigenvalue weighted by atomic mass is 35.5. The second kappa shape index (κ2) is 6.87. The van der Waals surface area contributed by atoms with Crippen molar-refractivity contribution in [1.82, 2.24) is 5.32 Å². The van der Waals surface area contributed by atoms with E-state index in [-0.39, 0.29) is 18.4 Å². The van der Waals surface area contributed by atoms with Gasteiger partial charge in [-0.15, -0.1) is 0 Å². The Morgan fingerprint density at radius 1 is 1.26 bits per heavy atom. The van der Waals surface area contributed by atoms with Crippen molar-refractivity contribution < 1.29 is 18.7 Å². The normalized spacial score (nSPS) is 16.0. The van der Waals surface area contributed by atoms with Crippen LogP contribution in [0, 0.1) is 5.82 Å². The molecule has 1 heterocycles. The number of ether oxygens (including phenoxy) is 2. The first kappa shape index (κ1) is 15.6. The molecule has 0 saturated heterocycles. The van der Waals surface area contributed by atoms with Crippen LogP contribution in [0.2, 0.25) is 5.02 Å². The van der Waals surface area contributed by atoms with Crippen LogP contribution in [0.4, 0.5) is 4.39 Å². The van der Waals surface area contributed by atoms with E-state index in [0.29, 0.717) is 35.2 Å². The summed E-state index contributed by atoms with van der Waals surface area (Å²) in [4.78, 5) is 11.9. The van der Waals surface area contributed by atoms with Gasteiger partial charge in [-0.2, -0.15) is 0 Å². The molecule has 0 fully saturated rings. The first-order chi connectivity index (χ1) is 11.1. The van der Waals surface area contributed by atoms with Crippen LogP contribution in [-0.2, 0) is 11.2 Å². The van der Waals surface area contributed by atoms with Crippen molar-refractivity contribution in [3.05, 3.63) is 58.9 Å². The molecule has 1 N–H and O–H groups in total. The first-order valence-corrected chi connectivity index (χ1v) is 7.59. The molecule has 0 bridgehead atoms. The number of hydrogen-bond donors (Lipinski definition) is 1. The second-order valence-electron chi connectivity index (χ2n) is 5.21. The van der Waals surface area contributed by atoms with Gasteiger partial charge in [-0.25, -0.2) is 4.39 Å². The molecule has 1 unspecified atom stereocenters. The third-order valence-electron chi connectivity index (χ3n) is 3.46. The number of amides is 1. The van der Waals surface area contributed by atoms with E-state index >= 15 is 0 Å². The Balaban J connectivity index is 1.52.